The van der Waals surface area contributed by atoms with Gasteiger partial charge in [0.05, 0.1) is 17.6 Å². The van der Waals surface area contributed by atoms with Crippen molar-refractivity contribution in [3.63, 3.8) is 0 Å². The van der Waals surface area contributed by atoms with Crippen molar-refractivity contribution in [3.8, 4) is 22.4 Å². The van der Waals surface area contributed by atoms with Crippen molar-refractivity contribution in [1.29, 1.82) is 0 Å². The summed E-state index contributed by atoms with van der Waals surface area (Å²) < 4.78 is 1.48. The molecule has 1 fully saturated rings. The number of hydrogen-bond acceptors (Lipinski definition) is 6. The van der Waals surface area contributed by atoms with Crippen LogP contribution in [-0.4, -0.2) is 51.8 Å². The van der Waals surface area contributed by atoms with Crippen LogP contribution in [-0.2, 0) is 11.3 Å². The van der Waals surface area contributed by atoms with Crippen LogP contribution in [0.15, 0.2) is 96.1 Å². The summed E-state index contributed by atoms with van der Waals surface area (Å²) in [6, 6.07) is 26.1. The highest BCUT2D eigenvalue weighted by Crippen LogP contribution is 2.29. The molecule has 1 saturated heterocycles. The topological polar surface area (TPSA) is 83.4 Å². The van der Waals surface area contributed by atoms with Crippen LogP contribution in [0.1, 0.15) is 26.7 Å². The van der Waals surface area contributed by atoms with E-state index < -0.39 is 0 Å². The van der Waals surface area contributed by atoms with Gasteiger partial charge in [0.15, 0.2) is 0 Å². The normalized spacial score (nSPS) is 13.3. The molecule has 3 heterocycles. The maximum atomic E-state index is 13.3. The Morgan fingerprint density at radius 1 is 0.884 bits per heavy atom. The van der Waals surface area contributed by atoms with E-state index in [0.717, 1.165) is 58.5 Å². The molecule has 43 heavy (non-hydrogen) atoms. The highest BCUT2D eigenvalue weighted by molar-refractivity contribution is 5.94. The number of fused-ring (bicyclic) bond motifs is 1. The minimum atomic E-state index is -0.189. The molecule has 0 radical (unpaired) electrons. The van der Waals surface area contributed by atoms with Gasteiger partial charge in [0, 0.05) is 54.8 Å². The fourth-order valence-corrected chi connectivity index (χ4v) is 5.76. The molecule has 3 aromatic carbocycles. The molecular formula is C35H36N6O2. The number of amides is 1. The van der Waals surface area contributed by atoms with E-state index in [2.05, 4.69) is 44.6 Å². The molecule has 0 unspecified atom stereocenters. The summed E-state index contributed by atoms with van der Waals surface area (Å²) in [6.45, 7) is 7.80. The van der Waals surface area contributed by atoms with Crippen molar-refractivity contribution in [2.24, 2.45) is 0 Å². The number of nitrogens with one attached hydrogen (secondary N) is 1. The third-order valence-corrected chi connectivity index (χ3v) is 8.10. The van der Waals surface area contributed by atoms with Gasteiger partial charge < -0.3 is 15.1 Å². The van der Waals surface area contributed by atoms with E-state index in [0.29, 0.717) is 24.5 Å². The van der Waals surface area contributed by atoms with Crippen LogP contribution in [0.4, 0.5) is 17.1 Å². The van der Waals surface area contributed by atoms with Crippen molar-refractivity contribution < 1.29 is 4.79 Å². The van der Waals surface area contributed by atoms with Gasteiger partial charge in [-0.3, -0.25) is 14.6 Å². The van der Waals surface area contributed by atoms with Gasteiger partial charge in [-0.2, -0.15) is 5.10 Å². The summed E-state index contributed by atoms with van der Waals surface area (Å²) in [4.78, 5) is 34.3. The van der Waals surface area contributed by atoms with E-state index in [1.54, 1.807) is 13.1 Å². The molecule has 0 atom stereocenters. The van der Waals surface area contributed by atoms with E-state index in [9.17, 15) is 9.59 Å². The van der Waals surface area contributed by atoms with Crippen LogP contribution in [0, 0.1) is 0 Å². The number of rotatable bonds is 9. The van der Waals surface area contributed by atoms with Gasteiger partial charge >= 0.3 is 0 Å². The van der Waals surface area contributed by atoms with Crippen LogP contribution in [0.25, 0.3) is 33.2 Å². The van der Waals surface area contributed by atoms with Crippen molar-refractivity contribution in [1.82, 2.24) is 19.7 Å². The SMILES string of the molecule is CCn1nc(-c2cccc(-c3ccc(N(CCN4CCCC4)C(C)=O)cc3)c2)cc(Nc2cncc3ccccc23)c1=O. The molecule has 218 valence electrons. The Kier molecular flexibility index (Phi) is 8.29. The number of aromatic nitrogens is 3. The lowest BCUT2D eigenvalue weighted by Crippen LogP contribution is -2.36. The zero-order valence-electron chi connectivity index (χ0n) is 24.7. The number of carbonyl (C=O) groups is 1. The predicted molar refractivity (Wildman–Crippen MR) is 174 cm³/mol. The van der Waals surface area contributed by atoms with Crippen LogP contribution in [0.5, 0.6) is 0 Å². The minimum Gasteiger partial charge on any atom is -0.349 e. The monoisotopic (exact) mass is 572 g/mol. The van der Waals surface area contributed by atoms with Crippen LogP contribution >= 0.6 is 0 Å². The summed E-state index contributed by atoms with van der Waals surface area (Å²) >= 11 is 0. The van der Waals surface area contributed by atoms with E-state index in [-0.39, 0.29) is 11.5 Å². The van der Waals surface area contributed by atoms with Gasteiger partial charge in [-0.1, -0.05) is 54.6 Å². The lowest BCUT2D eigenvalue weighted by atomic mass is 10.0. The highest BCUT2D eigenvalue weighted by atomic mass is 16.2. The Hall–Kier alpha value is -4.82. The Morgan fingerprint density at radius 3 is 2.42 bits per heavy atom. The fraction of sp³-hybridized carbons (Fsp3) is 0.257. The summed E-state index contributed by atoms with van der Waals surface area (Å²) in [7, 11) is 0. The summed E-state index contributed by atoms with van der Waals surface area (Å²) in [5, 5.41) is 9.98. The van der Waals surface area contributed by atoms with Gasteiger partial charge in [0.2, 0.25) is 5.91 Å². The molecule has 1 amide bonds. The first kappa shape index (κ1) is 28.3. The van der Waals surface area contributed by atoms with Crippen LogP contribution in [0.2, 0.25) is 0 Å². The molecule has 1 N–H and O–H groups in total. The molecule has 0 spiro atoms. The molecule has 8 nitrogen and oxygen atoms in total. The maximum absolute atomic E-state index is 13.3. The molecule has 5 aromatic rings. The smallest absolute Gasteiger partial charge is 0.290 e. The standard InChI is InChI=1S/C35H36N6O2/c1-3-41-35(43)33(37-34-24-36-23-29-9-4-5-12-31(29)34)22-32(38-41)28-11-8-10-27(21-28)26-13-15-30(16-14-26)40(25(2)42)20-19-39-17-6-7-18-39/h4-5,8-16,21-24,37H,3,6-7,17-20H2,1-2H3. The quantitative estimate of drug-likeness (QED) is 0.222. The number of aryl methyl sites for hydroxylation is 1. The Labute approximate surface area is 251 Å². The first-order chi connectivity index (χ1) is 21.0. The van der Waals surface area contributed by atoms with E-state index >= 15 is 0 Å². The Morgan fingerprint density at radius 2 is 1.65 bits per heavy atom. The Bertz CT molecular complexity index is 1800. The molecule has 1 aliphatic rings. The first-order valence-electron chi connectivity index (χ1n) is 14.9. The highest BCUT2D eigenvalue weighted by Gasteiger charge is 2.17. The number of likely N-dealkylation sites (tertiary alicyclic amines) is 1. The zero-order valence-corrected chi connectivity index (χ0v) is 24.7. The third kappa shape index (κ3) is 6.20. The number of hydrogen-bond donors (Lipinski definition) is 1. The molecule has 1 aliphatic heterocycles. The lowest BCUT2D eigenvalue weighted by Gasteiger charge is -2.24. The van der Waals surface area contributed by atoms with Crippen molar-refractivity contribution in [2.45, 2.75) is 33.2 Å². The van der Waals surface area contributed by atoms with Gasteiger partial charge in [-0.05, 0) is 68.2 Å². The van der Waals surface area contributed by atoms with Gasteiger partial charge in [0.25, 0.3) is 5.56 Å². The summed E-state index contributed by atoms with van der Waals surface area (Å²) in [5.74, 6) is 0.0507. The summed E-state index contributed by atoms with van der Waals surface area (Å²) in [6.07, 6.45) is 6.03. The number of nitrogens with zero attached hydrogens (tertiary/aromatic N) is 5. The number of carbonyl (C=O) groups excluding carboxylic acids is 1. The predicted octanol–water partition coefficient (Wildman–Crippen LogP) is 6.34. The molecule has 0 saturated carbocycles. The minimum absolute atomic E-state index is 0.0507. The maximum Gasteiger partial charge on any atom is 0.290 e. The van der Waals surface area contributed by atoms with Crippen molar-refractivity contribution in [3.05, 3.63) is 102 Å². The average molecular weight is 573 g/mol. The second kappa shape index (κ2) is 12.6. The van der Waals surface area contributed by atoms with Crippen LogP contribution in [0.3, 0.4) is 0 Å². The molecular weight excluding hydrogens is 536 g/mol. The molecule has 6 rings (SSSR count). The average Bonchev–Trinajstić information content (AvgIpc) is 3.56. The van der Waals surface area contributed by atoms with E-state index in [4.69, 9.17) is 0 Å². The molecule has 0 bridgehead atoms. The largest absolute Gasteiger partial charge is 0.349 e. The van der Waals surface area contributed by atoms with Crippen molar-refractivity contribution in [2.75, 3.05) is 36.4 Å². The number of benzene rings is 3. The number of pyridine rings is 1. The number of anilines is 3. The third-order valence-electron chi connectivity index (χ3n) is 8.10. The fourth-order valence-electron chi connectivity index (χ4n) is 5.76. The second-order valence-corrected chi connectivity index (χ2v) is 10.9. The lowest BCUT2D eigenvalue weighted by molar-refractivity contribution is -0.116. The Balaban J connectivity index is 1.27. The summed E-state index contributed by atoms with van der Waals surface area (Å²) in [5.41, 5.74) is 5.59. The molecule has 8 heteroatoms. The van der Waals surface area contributed by atoms with Gasteiger partial charge in [-0.15, -0.1) is 0 Å². The van der Waals surface area contributed by atoms with Crippen LogP contribution < -0.4 is 15.8 Å². The second-order valence-electron chi connectivity index (χ2n) is 10.9. The zero-order chi connectivity index (χ0) is 29.8. The van der Waals surface area contributed by atoms with Gasteiger partial charge in [0.1, 0.15) is 5.69 Å². The van der Waals surface area contributed by atoms with E-state index in [1.165, 1.54) is 17.5 Å². The molecule has 2 aromatic heterocycles. The van der Waals surface area contributed by atoms with Gasteiger partial charge in [-0.25, -0.2) is 4.68 Å². The van der Waals surface area contributed by atoms with E-state index in [1.807, 2.05) is 72.6 Å². The molecule has 0 aliphatic carbocycles. The van der Waals surface area contributed by atoms with Crippen molar-refractivity contribution >= 4 is 33.7 Å². The first-order valence-corrected chi connectivity index (χ1v) is 14.9.